The van der Waals surface area contributed by atoms with Crippen molar-refractivity contribution < 1.29 is 4.52 Å². The molecule has 0 N–H and O–H groups in total. The molecule has 2 heterocycles. The highest BCUT2D eigenvalue weighted by molar-refractivity contribution is 5.00. The Labute approximate surface area is 103 Å². The van der Waals surface area contributed by atoms with E-state index in [2.05, 4.69) is 42.7 Å². The average Bonchev–Trinajstić information content (AvgIpc) is 2.69. The van der Waals surface area contributed by atoms with Crippen LogP contribution >= 0.6 is 0 Å². The molecule has 0 radical (unpaired) electrons. The van der Waals surface area contributed by atoms with Crippen LogP contribution in [0.15, 0.2) is 4.52 Å². The molecule has 1 fully saturated rings. The second kappa shape index (κ2) is 4.77. The zero-order chi connectivity index (χ0) is 12.5. The lowest BCUT2D eigenvalue weighted by molar-refractivity contribution is 0.135. The van der Waals surface area contributed by atoms with Crippen molar-refractivity contribution in [2.75, 3.05) is 6.54 Å². The third kappa shape index (κ3) is 3.06. The van der Waals surface area contributed by atoms with Gasteiger partial charge in [-0.05, 0) is 26.3 Å². The summed E-state index contributed by atoms with van der Waals surface area (Å²) in [7, 11) is 0. The van der Waals surface area contributed by atoms with Crippen molar-refractivity contribution in [2.45, 2.75) is 65.0 Å². The molecule has 4 nitrogen and oxygen atoms in total. The highest BCUT2D eigenvalue weighted by Crippen LogP contribution is 2.21. The molecule has 17 heavy (non-hydrogen) atoms. The minimum atomic E-state index is -0.0325. The monoisotopic (exact) mass is 237 g/mol. The molecule has 1 aliphatic heterocycles. The maximum atomic E-state index is 5.34. The van der Waals surface area contributed by atoms with Crippen LogP contribution in [0.25, 0.3) is 0 Å². The van der Waals surface area contributed by atoms with Gasteiger partial charge in [-0.15, -0.1) is 0 Å². The van der Waals surface area contributed by atoms with Gasteiger partial charge in [0.2, 0.25) is 5.89 Å². The van der Waals surface area contributed by atoms with E-state index in [0.29, 0.717) is 6.04 Å². The van der Waals surface area contributed by atoms with Crippen LogP contribution in [0.5, 0.6) is 0 Å². The van der Waals surface area contributed by atoms with Crippen LogP contribution in [0.3, 0.4) is 0 Å². The van der Waals surface area contributed by atoms with Crippen molar-refractivity contribution in [1.29, 1.82) is 0 Å². The Balaban J connectivity index is 2.01. The predicted molar refractivity (Wildman–Crippen MR) is 66.7 cm³/mol. The highest BCUT2D eigenvalue weighted by Gasteiger charge is 2.24. The van der Waals surface area contributed by atoms with E-state index in [1.54, 1.807) is 0 Å². The smallest absolute Gasteiger partial charge is 0.240 e. The molecular formula is C13H23N3O. The van der Waals surface area contributed by atoms with Crippen molar-refractivity contribution in [2.24, 2.45) is 0 Å². The maximum Gasteiger partial charge on any atom is 0.240 e. The Morgan fingerprint density at radius 3 is 2.71 bits per heavy atom. The molecule has 1 atom stereocenters. The van der Waals surface area contributed by atoms with Gasteiger partial charge in [-0.3, -0.25) is 4.90 Å². The van der Waals surface area contributed by atoms with Crippen molar-refractivity contribution >= 4 is 0 Å². The molecule has 1 saturated heterocycles. The standard InChI is InChI=1S/C13H23N3O/c1-10-7-5-6-8-16(10)9-11-14-12(15-17-11)13(2,3)4/h10H,5-9H2,1-4H3/t10-/m1/s1. The molecule has 96 valence electrons. The van der Waals surface area contributed by atoms with E-state index in [-0.39, 0.29) is 5.41 Å². The number of nitrogens with zero attached hydrogens (tertiary/aromatic N) is 3. The molecule has 2 rings (SSSR count). The summed E-state index contributed by atoms with van der Waals surface area (Å²) in [5.74, 6) is 1.56. The van der Waals surface area contributed by atoms with Gasteiger partial charge >= 0.3 is 0 Å². The molecule has 4 heteroatoms. The van der Waals surface area contributed by atoms with E-state index in [9.17, 15) is 0 Å². The maximum absolute atomic E-state index is 5.34. The van der Waals surface area contributed by atoms with E-state index < -0.39 is 0 Å². The van der Waals surface area contributed by atoms with Crippen LogP contribution < -0.4 is 0 Å². The summed E-state index contributed by atoms with van der Waals surface area (Å²) in [5, 5.41) is 4.07. The largest absolute Gasteiger partial charge is 0.338 e. The fourth-order valence-electron chi connectivity index (χ4n) is 2.19. The van der Waals surface area contributed by atoms with Gasteiger partial charge in [-0.2, -0.15) is 4.98 Å². The number of hydrogen-bond donors (Lipinski definition) is 0. The summed E-state index contributed by atoms with van der Waals surface area (Å²) in [6.45, 7) is 10.5. The lowest BCUT2D eigenvalue weighted by atomic mass is 9.96. The molecule has 0 aromatic carbocycles. The van der Waals surface area contributed by atoms with Gasteiger partial charge in [0.15, 0.2) is 5.82 Å². The summed E-state index contributed by atoms with van der Waals surface area (Å²) >= 11 is 0. The normalized spacial score (nSPS) is 22.9. The molecule has 1 aromatic rings. The first-order valence-electron chi connectivity index (χ1n) is 6.54. The molecule has 0 unspecified atom stereocenters. The SMILES string of the molecule is C[C@@H]1CCCCN1Cc1nc(C(C)(C)C)no1. The van der Waals surface area contributed by atoms with Crippen LogP contribution in [0, 0.1) is 0 Å². The number of likely N-dealkylation sites (tertiary alicyclic amines) is 1. The lowest BCUT2D eigenvalue weighted by Gasteiger charge is -2.31. The van der Waals surface area contributed by atoms with Gasteiger partial charge in [0, 0.05) is 11.5 Å². The van der Waals surface area contributed by atoms with Crippen molar-refractivity contribution in [1.82, 2.24) is 15.0 Å². The molecule has 1 aliphatic rings. The second-order valence-corrected chi connectivity index (χ2v) is 6.08. The number of rotatable bonds is 2. The van der Waals surface area contributed by atoms with Crippen LogP contribution in [0.1, 0.15) is 58.7 Å². The fourth-order valence-corrected chi connectivity index (χ4v) is 2.19. The highest BCUT2D eigenvalue weighted by atomic mass is 16.5. The van der Waals surface area contributed by atoms with Crippen LogP contribution in [-0.2, 0) is 12.0 Å². The first-order chi connectivity index (χ1) is 7.97. The molecule has 0 bridgehead atoms. The Morgan fingerprint density at radius 2 is 2.12 bits per heavy atom. The van der Waals surface area contributed by atoms with Crippen LogP contribution in [-0.4, -0.2) is 27.6 Å². The van der Waals surface area contributed by atoms with Gasteiger partial charge in [-0.25, -0.2) is 0 Å². The summed E-state index contributed by atoms with van der Waals surface area (Å²) in [4.78, 5) is 6.92. The Hall–Kier alpha value is -0.900. The molecule has 0 aliphatic carbocycles. The topological polar surface area (TPSA) is 42.2 Å². The molecule has 0 amide bonds. The van der Waals surface area contributed by atoms with E-state index in [1.807, 2.05) is 0 Å². The van der Waals surface area contributed by atoms with Crippen molar-refractivity contribution in [3.05, 3.63) is 11.7 Å². The number of piperidine rings is 1. The predicted octanol–water partition coefficient (Wildman–Crippen LogP) is 2.74. The number of aromatic nitrogens is 2. The second-order valence-electron chi connectivity index (χ2n) is 6.08. The fraction of sp³-hybridized carbons (Fsp3) is 0.846. The Kier molecular flexibility index (Phi) is 3.52. The summed E-state index contributed by atoms with van der Waals surface area (Å²) in [6.07, 6.45) is 3.90. The van der Waals surface area contributed by atoms with E-state index in [1.165, 1.54) is 19.3 Å². The van der Waals surface area contributed by atoms with Gasteiger partial charge in [0.1, 0.15) is 0 Å². The first-order valence-corrected chi connectivity index (χ1v) is 6.54. The molecule has 0 saturated carbocycles. The van der Waals surface area contributed by atoms with E-state index in [0.717, 1.165) is 24.8 Å². The minimum Gasteiger partial charge on any atom is -0.338 e. The minimum absolute atomic E-state index is 0.0325. The van der Waals surface area contributed by atoms with Gasteiger partial charge in [-0.1, -0.05) is 32.3 Å². The van der Waals surface area contributed by atoms with Gasteiger partial charge < -0.3 is 4.52 Å². The zero-order valence-corrected chi connectivity index (χ0v) is 11.4. The Bertz CT molecular complexity index is 367. The first kappa shape index (κ1) is 12.6. The van der Waals surface area contributed by atoms with Crippen molar-refractivity contribution in [3.63, 3.8) is 0 Å². The van der Waals surface area contributed by atoms with E-state index in [4.69, 9.17) is 4.52 Å². The number of hydrogen-bond acceptors (Lipinski definition) is 4. The van der Waals surface area contributed by atoms with E-state index >= 15 is 0 Å². The Morgan fingerprint density at radius 1 is 1.35 bits per heavy atom. The molecular weight excluding hydrogens is 214 g/mol. The quantitative estimate of drug-likeness (QED) is 0.793. The average molecular weight is 237 g/mol. The summed E-state index contributed by atoms with van der Waals surface area (Å²) < 4.78 is 5.34. The lowest BCUT2D eigenvalue weighted by Crippen LogP contribution is -2.36. The summed E-state index contributed by atoms with van der Waals surface area (Å²) in [5.41, 5.74) is -0.0325. The van der Waals surface area contributed by atoms with Gasteiger partial charge in [0.25, 0.3) is 0 Å². The molecule has 0 spiro atoms. The van der Waals surface area contributed by atoms with Gasteiger partial charge in [0.05, 0.1) is 6.54 Å². The third-order valence-corrected chi connectivity index (χ3v) is 3.42. The van der Waals surface area contributed by atoms with Crippen LogP contribution in [0.4, 0.5) is 0 Å². The molecule has 1 aromatic heterocycles. The third-order valence-electron chi connectivity index (χ3n) is 3.42. The van der Waals surface area contributed by atoms with Crippen molar-refractivity contribution in [3.8, 4) is 0 Å². The summed E-state index contributed by atoms with van der Waals surface area (Å²) in [6, 6.07) is 0.633. The van der Waals surface area contributed by atoms with Crippen LogP contribution in [0.2, 0.25) is 0 Å². The zero-order valence-electron chi connectivity index (χ0n) is 11.4.